The molecule has 4 nitrogen and oxygen atoms in total. The second-order valence-corrected chi connectivity index (χ2v) is 6.39. The van der Waals surface area contributed by atoms with Gasteiger partial charge in [0.15, 0.2) is 0 Å². The summed E-state index contributed by atoms with van der Waals surface area (Å²) in [6, 6.07) is 16.5. The fourth-order valence-corrected chi connectivity index (χ4v) is 3.28. The number of hydrogen-bond acceptors (Lipinski definition) is 3. The van der Waals surface area contributed by atoms with Crippen LogP contribution in [0.5, 0.6) is 5.75 Å². The van der Waals surface area contributed by atoms with E-state index in [0.717, 1.165) is 5.82 Å². The van der Waals surface area contributed by atoms with E-state index in [4.69, 9.17) is 0 Å². The third-order valence-electron chi connectivity index (χ3n) is 3.36. The van der Waals surface area contributed by atoms with Crippen LogP contribution in [0.15, 0.2) is 71.9 Å². The Balaban J connectivity index is 1.75. The fourth-order valence-electron chi connectivity index (χ4n) is 2.20. The molecule has 0 saturated heterocycles. The Bertz CT molecular complexity index is 767. The van der Waals surface area contributed by atoms with E-state index in [0.29, 0.717) is 17.2 Å². The molecule has 2 aromatic carbocycles. The Morgan fingerprint density at radius 1 is 1.05 bits per heavy atom. The first-order valence-electron chi connectivity index (χ1n) is 6.94. The van der Waals surface area contributed by atoms with Gasteiger partial charge in [-0.1, -0.05) is 30.3 Å². The molecular weight excluding hydrogens is 296 g/mol. The van der Waals surface area contributed by atoms with Gasteiger partial charge in [-0.3, -0.25) is 4.21 Å². The van der Waals surface area contributed by atoms with Crippen molar-refractivity contribution < 1.29 is 9.32 Å². The van der Waals surface area contributed by atoms with Crippen LogP contribution in [0.25, 0.3) is 0 Å². The predicted molar refractivity (Wildman–Crippen MR) is 86.0 cm³/mol. The highest BCUT2D eigenvalue weighted by molar-refractivity contribution is 7.84. The topological polar surface area (TPSA) is 55.1 Å². The third-order valence-corrected chi connectivity index (χ3v) is 4.68. The minimum absolute atomic E-state index is 0.173. The van der Waals surface area contributed by atoms with E-state index in [1.165, 1.54) is 5.56 Å². The van der Waals surface area contributed by atoms with E-state index in [9.17, 15) is 9.32 Å². The van der Waals surface area contributed by atoms with Crippen LogP contribution >= 0.6 is 0 Å². The number of aromatic nitrogens is 2. The molecule has 0 amide bonds. The lowest BCUT2D eigenvalue weighted by molar-refractivity contribution is 0.475. The minimum atomic E-state index is -1.18. The zero-order chi connectivity index (χ0) is 15.4. The molecule has 1 heterocycles. The molecule has 3 aromatic rings. The van der Waals surface area contributed by atoms with Crippen LogP contribution in [0.4, 0.5) is 0 Å². The summed E-state index contributed by atoms with van der Waals surface area (Å²) in [4.78, 5) is 5.00. The molecule has 22 heavy (non-hydrogen) atoms. The van der Waals surface area contributed by atoms with Gasteiger partial charge in [0.05, 0.1) is 16.6 Å². The maximum Gasteiger partial charge on any atom is 0.121 e. The van der Waals surface area contributed by atoms with Crippen molar-refractivity contribution in [1.29, 1.82) is 0 Å². The quantitative estimate of drug-likeness (QED) is 0.788. The number of imidazole rings is 1. The number of phenolic OH excluding ortho intramolecular Hbond substituents is 1. The molecule has 0 aliphatic carbocycles. The lowest BCUT2D eigenvalue weighted by atomic mass is 10.2. The largest absolute Gasteiger partial charge is 0.508 e. The van der Waals surface area contributed by atoms with E-state index in [2.05, 4.69) is 17.1 Å². The molecule has 112 valence electrons. The average Bonchev–Trinajstić information content (AvgIpc) is 2.96. The Labute approximate surface area is 131 Å². The maximum atomic E-state index is 12.4. The number of nitrogens with zero attached hydrogens (tertiary/aromatic N) is 2. The van der Waals surface area contributed by atoms with Crippen molar-refractivity contribution >= 4 is 10.8 Å². The molecule has 3 rings (SSSR count). The highest BCUT2D eigenvalue weighted by Crippen LogP contribution is 2.16. The summed E-state index contributed by atoms with van der Waals surface area (Å²) in [6.07, 6.45) is 3.63. The molecule has 0 radical (unpaired) electrons. The molecule has 0 spiro atoms. The lowest BCUT2D eigenvalue weighted by Crippen LogP contribution is -2.07. The van der Waals surface area contributed by atoms with Crippen molar-refractivity contribution in [2.75, 3.05) is 0 Å². The van der Waals surface area contributed by atoms with E-state index in [-0.39, 0.29) is 5.75 Å². The Morgan fingerprint density at radius 2 is 1.77 bits per heavy atom. The molecule has 0 saturated carbocycles. The van der Waals surface area contributed by atoms with Gasteiger partial charge in [0, 0.05) is 23.8 Å². The SMILES string of the molecule is O=S(Cc1nccn1Cc1ccccc1)c1ccc(O)cc1. The van der Waals surface area contributed by atoms with Gasteiger partial charge in [0.1, 0.15) is 11.6 Å². The molecule has 0 fully saturated rings. The van der Waals surface area contributed by atoms with Crippen molar-refractivity contribution in [2.45, 2.75) is 17.2 Å². The number of rotatable bonds is 5. The van der Waals surface area contributed by atoms with E-state index in [1.54, 1.807) is 30.5 Å². The van der Waals surface area contributed by atoms with Crippen LogP contribution in [0.3, 0.4) is 0 Å². The molecule has 0 aliphatic heterocycles. The Morgan fingerprint density at radius 3 is 2.50 bits per heavy atom. The molecular formula is C17H16N2O2S. The van der Waals surface area contributed by atoms with Gasteiger partial charge in [-0.25, -0.2) is 4.98 Å². The van der Waals surface area contributed by atoms with Gasteiger partial charge in [-0.05, 0) is 29.8 Å². The number of benzene rings is 2. The van der Waals surface area contributed by atoms with E-state index >= 15 is 0 Å². The molecule has 1 aromatic heterocycles. The minimum Gasteiger partial charge on any atom is -0.508 e. The predicted octanol–water partition coefficient (Wildman–Crippen LogP) is 2.94. The van der Waals surface area contributed by atoms with Crippen LogP contribution < -0.4 is 0 Å². The molecule has 5 heteroatoms. The second kappa shape index (κ2) is 6.58. The van der Waals surface area contributed by atoms with Crippen LogP contribution in [0.2, 0.25) is 0 Å². The van der Waals surface area contributed by atoms with Crippen molar-refractivity contribution in [3.63, 3.8) is 0 Å². The summed E-state index contributed by atoms with van der Waals surface area (Å²) in [5.41, 5.74) is 1.18. The van der Waals surface area contributed by atoms with Crippen molar-refractivity contribution in [2.24, 2.45) is 0 Å². The van der Waals surface area contributed by atoms with Crippen LogP contribution in [-0.4, -0.2) is 18.9 Å². The smallest absolute Gasteiger partial charge is 0.121 e. The second-order valence-electron chi connectivity index (χ2n) is 4.94. The molecule has 1 unspecified atom stereocenters. The average molecular weight is 312 g/mol. The highest BCUT2D eigenvalue weighted by atomic mass is 32.2. The Hall–Kier alpha value is -2.40. The van der Waals surface area contributed by atoms with Crippen LogP contribution in [0.1, 0.15) is 11.4 Å². The fraction of sp³-hybridized carbons (Fsp3) is 0.118. The van der Waals surface area contributed by atoms with Gasteiger partial charge in [-0.15, -0.1) is 0 Å². The van der Waals surface area contributed by atoms with Crippen LogP contribution in [0, 0.1) is 0 Å². The number of aromatic hydroxyl groups is 1. The summed E-state index contributed by atoms with van der Waals surface area (Å²) >= 11 is 0. The summed E-state index contributed by atoms with van der Waals surface area (Å²) in [6.45, 7) is 0.711. The summed E-state index contributed by atoms with van der Waals surface area (Å²) in [5, 5.41) is 9.29. The highest BCUT2D eigenvalue weighted by Gasteiger charge is 2.10. The molecule has 1 N–H and O–H groups in total. The number of phenols is 1. The normalized spacial score (nSPS) is 12.2. The first kappa shape index (κ1) is 14.5. The van der Waals surface area contributed by atoms with Gasteiger partial charge in [0.2, 0.25) is 0 Å². The summed E-state index contributed by atoms with van der Waals surface area (Å²) in [5.74, 6) is 1.31. The van der Waals surface area contributed by atoms with Gasteiger partial charge < -0.3 is 9.67 Å². The Kier molecular flexibility index (Phi) is 4.34. The summed E-state index contributed by atoms with van der Waals surface area (Å²) in [7, 11) is -1.18. The first-order valence-corrected chi connectivity index (χ1v) is 8.25. The van der Waals surface area contributed by atoms with Crippen molar-refractivity contribution in [3.05, 3.63) is 78.4 Å². The van der Waals surface area contributed by atoms with Gasteiger partial charge in [-0.2, -0.15) is 0 Å². The van der Waals surface area contributed by atoms with Crippen molar-refractivity contribution in [3.8, 4) is 5.75 Å². The van der Waals surface area contributed by atoms with Gasteiger partial charge in [0.25, 0.3) is 0 Å². The maximum absolute atomic E-state index is 12.4. The standard InChI is InChI=1S/C17H16N2O2S/c20-15-6-8-16(9-7-15)22(21)13-17-18-10-11-19(17)12-14-4-2-1-3-5-14/h1-11,20H,12-13H2. The zero-order valence-electron chi connectivity index (χ0n) is 11.9. The summed E-state index contributed by atoms with van der Waals surface area (Å²) < 4.78 is 14.4. The van der Waals surface area contributed by atoms with Gasteiger partial charge >= 0.3 is 0 Å². The van der Waals surface area contributed by atoms with Crippen LogP contribution in [-0.2, 0) is 23.1 Å². The third kappa shape index (κ3) is 3.43. The first-order chi connectivity index (χ1) is 10.7. The zero-order valence-corrected chi connectivity index (χ0v) is 12.7. The van der Waals surface area contributed by atoms with E-state index < -0.39 is 10.8 Å². The molecule has 0 aliphatic rings. The molecule has 0 bridgehead atoms. The van der Waals surface area contributed by atoms with E-state index in [1.807, 2.05) is 29.0 Å². The molecule has 1 atom stereocenters. The van der Waals surface area contributed by atoms with Crippen molar-refractivity contribution in [1.82, 2.24) is 9.55 Å². The number of hydrogen-bond donors (Lipinski definition) is 1. The lowest BCUT2D eigenvalue weighted by Gasteiger charge is -2.08. The monoisotopic (exact) mass is 312 g/mol.